The fraction of sp³-hybridized carbons (Fsp3) is 0.278. The van der Waals surface area contributed by atoms with Crippen LogP contribution in [-0.4, -0.2) is 27.2 Å². The lowest BCUT2D eigenvalue weighted by Gasteiger charge is -2.24. The molecule has 1 aromatic heterocycles. The van der Waals surface area contributed by atoms with Gasteiger partial charge in [-0.05, 0) is 44.2 Å². The molecule has 0 atom stereocenters. The lowest BCUT2D eigenvalue weighted by Crippen LogP contribution is -2.34. The minimum Gasteiger partial charge on any atom is -0.394 e. The normalized spacial score (nSPS) is 11.7. The molecule has 0 aliphatic rings. The molecule has 0 fully saturated rings. The van der Waals surface area contributed by atoms with Gasteiger partial charge in [0.15, 0.2) is 0 Å². The number of hydrogen-bond donors (Lipinski definition) is 4. The first-order chi connectivity index (χ1) is 11.9. The zero-order valence-corrected chi connectivity index (χ0v) is 14.8. The fourth-order valence-electron chi connectivity index (χ4n) is 2.45. The molecule has 132 valence electrons. The number of hydrogen-bond acceptors (Lipinski definition) is 4. The summed E-state index contributed by atoms with van der Waals surface area (Å²) in [5.74, 6) is 0.205. The average molecular weight is 363 g/mol. The molecule has 25 heavy (non-hydrogen) atoms. The van der Waals surface area contributed by atoms with E-state index in [1.54, 1.807) is 12.1 Å². The van der Waals surface area contributed by atoms with E-state index in [9.17, 15) is 9.50 Å². The maximum Gasteiger partial charge on any atom is 0.201 e. The summed E-state index contributed by atoms with van der Waals surface area (Å²) in [6.07, 6.45) is 0. The fourth-order valence-corrected chi connectivity index (χ4v) is 2.60. The monoisotopic (exact) mass is 362 g/mol. The molecule has 7 heteroatoms. The van der Waals surface area contributed by atoms with Gasteiger partial charge in [-0.15, -0.1) is 0 Å². The third-order valence-electron chi connectivity index (χ3n) is 3.82. The van der Waals surface area contributed by atoms with E-state index in [0.29, 0.717) is 23.1 Å². The van der Waals surface area contributed by atoms with E-state index < -0.39 is 5.54 Å². The summed E-state index contributed by atoms with van der Waals surface area (Å²) in [5.41, 5.74) is 2.62. The van der Waals surface area contributed by atoms with E-state index in [2.05, 4.69) is 20.6 Å². The second-order valence-electron chi connectivity index (χ2n) is 6.57. The van der Waals surface area contributed by atoms with Gasteiger partial charge >= 0.3 is 0 Å². The van der Waals surface area contributed by atoms with E-state index in [-0.39, 0.29) is 12.4 Å². The lowest BCUT2D eigenvalue weighted by molar-refractivity contribution is 0.234. The van der Waals surface area contributed by atoms with Crippen molar-refractivity contribution in [1.82, 2.24) is 9.97 Å². The molecular formula is C18H20ClFN4O. The van der Waals surface area contributed by atoms with Gasteiger partial charge in [0.1, 0.15) is 5.82 Å². The molecule has 0 radical (unpaired) electrons. The van der Waals surface area contributed by atoms with Crippen molar-refractivity contribution < 1.29 is 9.50 Å². The highest BCUT2D eigenvalue weighted by molar-refractivity contribution is 6.30. The third-order valence-corrected chi connectivity index (χ3v) is 4.06. The maximum atomic E-state index is 13.8. The number of rotatable bonds is 6. The van der Waals surface area contributed by atoms with Crippen LogP contribution in [0.15, 0.2) is 36.4 Å². The van der Waals surface area contributed by atoms with Gasteiger partial charge in [-0.25, -0.2) is 9.37 Å². The second kappa shape index (κ2) is 6.90. The number of fused-ring (bicyclic) bond motifs is 1. The maximum absolute atomic E-state index is 13.8. The van der Waals surface area contributed by atoms with Crippen LogP contribution in [0.5, 0.6) is 0 Å². The summed E-state index contributed by atoms with van der Waals surface area (Å²) in [4.78, 5) is 7.61. The van der Waals surface area contributed by atoms with E-state index in [0.717, 1.165) is 16.7 Å². The molecule has 0 saturated heterocycles. The van der Waals surface area contributed by atoms with Gasteiger partial charge in [-0.1, -0.05) is 17.7 Å². The van der Waals surface area contributed by atoms with Crippen molar-refractivity contribution in [3.8, 4) is 0 Å². The first-order valence-corrected chi connectivity index (χ1v) is 8.31. The van der Waals surface area contributed by atoms with Crippen molar-refractivity contribution in [2.75, 3.05) is 17.2 Å². The summed E-state index contributed by atoms with van der Waals surface area (Å²) in [7, 11) is 0. The Morgan fingerprint density at radius 3 is 2.76 bits per heavy atom. The van der Waals surface area contributed by atoms with Gasteiger partial charge in [0, 0.05) is 22.8 Å². The van der Waals surface area contributed by atoms with Crippen molar-refractivity contribution in [3.63, 3.8) is 0 Å². The zero-order chi connectivity index (χ0) is 18.0. The summed E-state index contributed by atoms with van der Waals surface area (Å²) >= 11 is 5.76. The highest BCUT2D eigenvalue weighted by atomic mass is 35.5. The number of imidazole rings is 1. The Labute approximate surface area is 150 Å². The van der Waals surface area contributed by atoms with Crippen LogP contribution in [0.3, 0.4) is 0 Å². The first-order valence-electron chi connectivity index (χ1n) is 7.93. The number of aliphatic hydroxyl groups is 1. The quantitative estimate of drug-likeness (QED) is 0.531. The van der Waals surface area contributed by atoms with Crippen molar-refractivity contribution in [1.29, 1.82) is 0 Å². The molecule has 1 heterocycles. The second-order valence-corrected chi connectivity index (χ2v) is 7.01. The highest BCUT2D eigenvalue weighted by Gasteiger charge is 2.16. The Kier molecular flexibility index (Phi) is 4.83. The standard InChI is InChI=1S/C18H20ClFN4O/c1-18(2,10-25)24-13-5-6-15-16(8-13)23-17(22-15)21-9-11-3-4-12(19)7-14(11)20/h3-8,24-25H,9-10H2,1-2H3,(H2,21,22,23). The number of H-pyrrole nitrogens is 1. The van der Waals surface area contributed by atoms with Crippen LogP contribution in [-0.2, 0) is 6.54 Å². The molecule has 0 unspecified atom stereocenters. The molecular weight excluding hydrogens is 343 g/mol. The van der Waals surface area contributed by atoms with E-state index in [1.807, 2.05) is 32.0 Å². The predicted octanol–water partition coefficient (Wildman–Crippen LogP) is 4.15. The summed E-state index contributed by atoms with van der Waals surface area (Å²) in [6, 6.07) is 10.3. The van der Waals surface area contributed by atoms with Crippen LogP contribution in [0.4, 0.5) is 16.0 Å². The average Bonchev–Trinajstić information content (AvgIpc) is 2.96. The van der Waals surface area contributed by atoms with E-state index >= 15 is 0 Å². The Hall–Kier alpha value is -2.31. The number of halogens is 2. The van der Waals surface area contributed by atoms with Crippen LogP contribution < -0.4 is 10.6 Å². The molecule has 0 aliphatic heterocycles. The molecule has 5 nitrogen and oxygen atoms in total. The van der Waals surface area contributed by atoms with Crippen molar-refractivity contribution in [3.05, 3.63) is 52.8 Å². The molecule has 3 rings (SSSR count). The summed E-state index contributed by atoms with van der Waals surface area (Å²) in [6.45, 7) is 4.15. The van der Waals surface area contributed by atoms with Gasteiger partial charge in [0.05, 0.1) is 23.2 Å². The zero-order valence-electron chi connectivity index (χ0n) is 14.0. The van der Waals surface area contributed by atoms with E-state index in [4.69, 9.17) is 11.6 Å². The molecule has 0 aliphatic carbocycles. The molecule has 4 N–H and O–H groups in total. The molecule has 0 bridgehead atoms. The topological polar surface area (TPSA) is 73.0 Å². The number of nitrogens with zero attached hydrogens (tertiary/aromatic N) is 1. The smallest absolute Gasteiger partial charge is 0.201 e. The van der Waals surface area contributed by atoms with Crippen LogP contribution in [0.25, 0.3) is 11.0 Å². The Balaban J connectivity index is 1.74. The number of anilines is 2. The number of aromatic nitrogens is 2. The molecule has 0 amide bonds. The number of benzene rings is 2. The molecule has 0 saturated carbocycles. The summed E-state index contributed by atoms with van der Waals surface area (Å²) < 4.78 is 13.8. The van der Waals surface area contributed by atoms with Crippen LogP contribution in [0, 0.1) is 5.82 Å². The van der Waals surface area contributed by atoms with Crippen LogP contribution in [0.2, 0.25) is 5.02 Å². The van der Waals surface area contributed by atoms with Gasteiger partial charge < -0.3 is 20.7 Å². The first kappa shape index (κ1) is 17.5. The van der Waals surface area contributed by atoms with Crippen molar-refractivity contribution >= 4 is 34.3 Å². The molecule has 0 spiro atoms. The van der Waals surface area contributed by atoms with Crippen LogP contribution in [0.1, 0.15) is 19.4 Å². The predicted molar refractivity (Wildman–Crippen MR) is 99.6 cm³/mol. The Morgan fingerprint density at radius 1 is 1.24 bits per heavy atom. The highest BCUT2D eigenvalue weighted by Crippen LogP contribution is 2.22. The third kappa shape index (κ3) is 4.21. The minimum atomic E-state index is -0.416. The minimum absolute atomic E-state index is 0.0213. The number of aromatic amines is 1. The largest absolute Gasteiger partial charge is 0.394 e. The van der Waals surface area contributed by atoms with Gasteiger partial charge in [0.2, 0.25) is 5.95 Å². The van der Waals surface area contributed by atoms with Crippen LogP contribution >= 0.6 is 11.6 Å². The van der Waals surface area contributed by atoms with E-state index in [1.165, 1.54) is 6.07 Å². The Morgan fingerprint density at radius 2 is 2.04 bits per heavy atom. The number of aliphatic hydroxyl groups excluding tert-OH is 1. The lowest BCUT2D eigenvalue weighted by atomic mass is 10.1. The van der Waals surface area contributed by atoms with Gasteiger partial charge in [0.25, 0.3) is 0 Å². The summed E-state index contributed by atoms with van der Waals surface area (Å²) in [5, 5.41) is 16.1. The molecule has 2 aromatic carbocycles. The van der Waals surface area contributed by atoms with Crippen molar-refractivity contribution in [2.45, 2.75) is 25.9 Å². The van der Waals surface area contributed by atoms with Gasteiger partial charge in [-0.3, -0.25) is 0 Å². The number of nitrogens with one attached hydrogen (secondary N) is 3. The van der Waals surface area contributed by atoms with Gasteiger partial charge in [-0.2, -0.15) is 0 Å². The SMILES string of the molecule is CC(C)(CO)Nc1ccc2nc(NCc3ccc(Cl)cc3F)[nH]c2c1. The Bertz CT molecular complexity index is 894. The van der Waals surface area contributed by atoms with Crippen molar-refractivity contribution in [2.24, 2.45) is 0 Å². The molecule has 3 aromatic rings.